The van der Waals surface area contributed by atoms with Gasteiger partial charge < -0.3 is 19.8 Å². The topological polar surface area (TPSA) is 168 Å². The van der Waals surface area contributed by atoms with Gasteiger partial charge in [0.05, 0.1) is 11.9 Å². The van der Waals surface area contributed by atoms with Crippen molar-refractivity contribution in [1.82, 2.24) is 0 Å². The second kappa shape index (κ2) is 8.27. The Labute approximate surface area is 153 Å². The molecule has 4 N–H and O–H groups in total. The first-order valence-corrected chi connectivity index (χ1v) is 8.76. The fraction of sp³-hybridized carbons (Fsp3) is 0. The number of anilines is 2. The summed E-state index contributed by atoms with van der Waals surface area (Å²) >= 11 is 0. The summed E-state index contributed by atoms with van der Waals surface area (Å²) in [6.07, 6.45) is 0. The van der Waals surface area contributed by atoms with Crippen LogP contribution in [-0.2, 0) is 0 Å². The molecule has 0 heterocycles. The molecule has 0 radical (unpaired) electrons. The van der Waals surface area contributed by atoms with E-state index in [0.29, 0.717) is 0 Å². The quantitative estimate of drug-likeness (QED) is 0.374. The minimum atomic E-state index is -1.51. The molecule has 2 aromatic rings. The molecule has 0 aliphatic carbocycles. The molecule has 0 unspecified atom stereocenters. The van der Waals surface area contributed by atoms with E-state index in [9.17, 15) is 40.6 Å². The summed E-state index contributed by atoms with van der Waals surface area (Å²) in [7, 11) is 1.85. The average Bonchev–Trinajstić information content (AvgIpc) is 2.59. The van der Waals surface area contributed by atoms with Crippen molar-refractivity contribution in [3.8, 4) is 0 Å². The highest BCUT2D eigenvalue weighted by Gasteiger charge is 2.14. The number of rotatable bonds is 7. The number of aromatic carboxylic acids is 2. The summed E-state index contributed by atoms with van der Waals surface area (Å²) in [5, 5.41) is 58.1. The van der Waals surface area contributed by atoms with Gasteiger partial charge in [-0.25, -0.2) is 0 Å². The van der Waals surface area contributed by atoms with E-state index in [-0.39, 0.29) is 42.7 Å². The van der Waals surface area contributed by atoms with Crippen LogP contribution in [0.4, 0.5) is 11.4 Å². The number of carboxylic acids is 2. The molecular weight excluding hydrogens is 388 g/mol. The summed E-state index contributed by atoms with van der Waals surface area (Å²) < 4.78 is 0. The highest BCUT2D eigenvalue weighted by Crippen LogP contribution is 2.45. The minimum absolute atomic E-state index is 0.224. The van der Waals surface area contributed by atoms with E-state index >= 15 is 0 Å². The first kappa shape index (κ1) is 19.8. The second-order valence-electron chi connectivity index (χ2n) is 4.69. The van der Waals surface area contributed by atoms with Crippen LogP contribution >= 0.6 is 21.6 Å². The maximum absolute atomic E-state index is 10.9. The van der Waals surface area contributed by atoms with Crippen LogP contribution in [0.25, 0.3) is 0 Å². The molecule has 0 aliphatic rings. The van der Waals surface area contributed by atoms with Gasteiger partial charge in [0.2, 0.25) is 0 Å². The van der Waals surface area contributed by atoms with Crippen LogP contribution in [0.1, 0.15) is 20.7 Å². The van der Waals surface area contributed by atoms with E-state index in [1.54, 1.807) is 0 Å². The van der Waals surface area contributed by atoms with Crippen molar-refractivity contribution in [3.05, 3.63) is 47.5 Å². The van der Waals surface area contributed by atoms with Gasteiger partial charge in [-0.2, -0.15) is 0 Å². The number of carbonyl (C=O) groups excluding carboxylic acids is 2. The van der Waals surface area contributed by atoms with E-state index in [0.717, 1.165) is 33.7 Å². The molecule has 0 amide bonds. The first-order valence-electron chi connectivity index (χ1n) is 6.61. The van der Waals surface area contributed by atoms with Crippen molar-refractivity contribution in [2.75, 3.05) is 10.5 Å². The zero-order chi connectivity index (χ0) is 19.4. The number of hydrogen-bond acceptors (Lipinski definition) is 12. The van der Waals surface area contributed by atoms with E-state index in [1.807, 2.05) is 0 Å². The van der Waals surface area contributed by atoms with E-state index in [2.05, 4.69) is 0 Å². The van der Waals surface area contributed by atoms with Gasteiger partial charge >= 0.3 is 0 Å². The Bertz CT molecular complexity index is 774. The molecule has 0 saturated heterocycles. The largest absolute Gasteiger partial charge is 0.545 e. The number of carbonyl (C=O) groups is 2. The highest BCUT2D eigenvalue weighted by atomic mass is 33.1. The minimum Gasteiger partial charge on any atom is -0.545 e. The number of carboxylic acid groups (broad SMARTS) is 2. The Morgan fingerprint density at radius 3 is 1.35 bits per heavy atom. The molecule has 0 aliphatic heterocycles. The van der Waals surface area contributed by atoms with Crippen LogP contribution in [0.5, 0.6) is 0 Å². The fourth-order valence-corrected chi connectivity index (χ4v) is 4.09. The molecule has 0 fully saturated rings. The van der Waals surface area contributed by atoms with Crippen LogP contribution in [0.15, 0.2) is 46.2 Å². The van der Waals surface area contributed by atoms with Gasteiger partial charge in [0.1, 0.15) is 11.4 Å². The monoisotopic (exact) mass is 398 g/mol. The molecule has 2 aromatic carbocycles. The summed E-state index contributed by atoms with van der Waals surface area (Å²) in [4.78, 5) is 22.2. The normalized spacial score (nSPS) is 10.5. The van der Waals surface area contributed by atoms with Crippen molar-refractivity contribution >= 4 is 44.9 Å². The molecular formula is C14H10N2O8S2-2. The second-order valence-corrected chi connectivity index (χ2v) is 6.90. The molecule has 0 aromatic heterocycles. The number of benzene rings is 2. The molecule has 0 atom stereocenters. The van der Waals surface area contributed by atoms with E-state index in [4.69, 9.17) is 0 Å². The molecule has 138 valence electrons. The van der Waals surface area contributed by atoms with Crippen LogP contribution in [-0.4, -0.2) is 32.8 Å². The Kier molecular flexibility index (Phi) is 6.31. The third-order valence-electron chi connectivity index (χ3n) is 3.04. The van der Waals surface area contributed by atoms with Gasteiger partial charge in [0.15, 0.2) is 0 Å². The summed E-state index contributed by atoms with van der Waals surface area (Å²) in [5.74, 6) is -3.01. The summed E-state index contributed by atoms with van der Waals surface area (Å²) in [5.41, 5.74) is -1.05. The van der Waals surface area contributed by atoms with Crippen LogP contribution in [0.2, 0.25) is 0 Å². The average molecular weight is 398 g/mol. The molecule has 0 saturated carbocycles. The number of hydrogen-bond donors (Lipinski definition) is 4. The Hall–Kier alpha value is -2.48. The SMILES string of the molecule is O=C([O-])c1ccc(SSc2ccc(C(=O)[O-])cc2N(O)O)c(N(O)O)c1. The molecule has 12 heteroatoms. The van der Waals surface area contributed by atoms with E-state index in [1.165, 1.54) is 24.3 Å². The zero-order valence-electron chi connectivity index (χ0n) is 12.6. The lowest BCUT2D eigenvalue weighted by molar-refractivity contribution is -0.256. The van der Waals surface area contributed by atoms with Gasteiger partial charge in [0, 0.05) is 9.79 Å². The molecule has 10 nitrogen and oxygen atoms in total. The van der Waals surface area contributed by atoms with Gasteiger partial charge in [-0.15, -0.1) is 10.5 Å². The highest BCUT2D eigenvalue weighted by molar-refractivity contribution is 8.76. The fourth-order valence-electron chi connectivity index (χ4n) is 1.83. The first-order chi connectivity index (χ1) is 12.2. The lowest BCUT2D eigenvalue weighted by atomic mass is 10.2. The number of nitrogens with zero attached hydrogens (tertiary/aromatic N) is 2. The molecule has 0 spiro atoms. The van der Waals surface area contributed by atoms with Crippen LogP contribution in [0, 0.1) is 0 Å². The van der Waals surface area contributed by atoms with Crippen molar-refractivity contribution in [2.24, 2.45) is 0 Å². The lowest BCUT2D eigenvalue weighted by Gasteiger charge is -2.17. The maximum Gasteiger partial charge on any atom is 0.109 e. The Morgan fingerprint density at radius 2 is 1.08 bits per heavy atom. The van der Waals surface area contributed by atoms with Crippen molar-refractivity contribution in [1.29, 1.82) is 0 Å². The molecule has 2 rings (SSSR count). The molecule has 26 heavy (non-hydrogen) atoms. The van der Waals surface area contributed by atoms with Crippen molar-refractivity contribution in [3.63, 3.8) is 0 Å². The van der Waals surface area contributed by atoms with Crippen LogP contribution < -0.4 is 20.7 Å². The summed E-state index contributed by atoms with van der Waals surface area (Å²) in [6, 6.07) is 6.92. The lowest BCUT2D eigenvalue weighted by Crippen LogP contribution is -2.23. The third kappa shape index (κ3) is 4.57. The van der Waals surface area contributed by atoms with Gasteiger partial charge in [-0.3, -0.25) is 20.8 Å². The van der Waals surface area contributed by atoms with Crippen molar-refractivity contribution in [2.45, 2.75) is 9.79 Å². The van der Waals surface area contributed by atoms with Crippen molar-refractivity contribution < 1.29 is 40.6 Å². The predicted octanol–water partition coefficient (Wildman–Crippen LogP) is 0.383. The predicted molar refractivity (Wildman–Crippen MR) is 85.4 cm³/mol. The maximum atomic E-state index is 10.9. The van der Waals surface area contributed by atoms with Gasteiger partial charge in [0.25, 0.3) is 0 Å². The molecule has 0 bridgehead atoms. The van der Waals surface area contributed by atoms with Crippen LogP contribution in [0.3, 0.4) is 0 Å². The van der Waals surface area contributed by atoms with Gasteiger partial charge in [-0.1, -0.05) is 33.7 Å². The summed E-state index contributed by atoms with van der Waals surface area (Å²) in [6.45, 7) is 0. The third-order valence-corrected chi connectivity index (χ3v) is 5.50. The zero-order valence-corrected chi connectivity index (χ0v) is 14.2. The smallest absolute Gasteiger partial charge is 0.109 e. The Morgan fingerprint density at radius 1 is 0.731 bits per heavy atom. The van der Waals surface area contributed by atoms with Gasteiger partial charge in [-0.05, 0) is 35.4 Å². The standard InChI is InChI=1S/C14H12N2O8S2/c17-13(18)7-1-3-11(9(5-7)15(21)22)25-26-12-4-2-8(14(19)20)6-10(12)16(23)24/h1-6,21-24H,(H,17,18)(H,19,20)/p-2. The van der Waals surface area contributed by atoms with E-state index < -0.39 is 11.9 Å². The Balaban J connectivity index is 2.31.